The minimum atomic E-state index is 0.399. The Morgan fingerprint density at radius 3 is 2.93 bits per heavy atom. The fourth-order valence-electron chi connectivity index (χ4n) is 2.19. The molecule has 1 aliphatic heterocycles. The minimum Gasteiger partial charge on any atom is -0.507 e. The van der Waals surface area contributed by atoms with Crippen molar-refractivity contribution in [2.24, 2.45) is 0 Å². The largest absolute Gasteiger partial charge is 0.507 e. The van der Waals surface area contributed by atoms with Gasteiger partial charge in [0, 0.05) is 17.5 Å². The van der Waals surface area contributed by atoms with Crippen LogP contribution in [0.2, 0.25) is 5.02 Å². The van der Waals surface area contributed by atoms with E-state index in [0.29, 0.717) is 16.7 Å². The van der Waals surface area contributed by atoms with Crippen LogP contribution in [0.5, 0.6) is 5.75 Å². The number of rotatable bonds is 1. The molecule has 1 saturated heterocycles. The SMILES string of the molecule is Cc1cc(Cl)cc(C2CCCNC2)c1O. The number of hydrogen-bond donors (Lipinski definition) is 2. The molecule has 82 valence electrons. The number of aromatic hydroxyl groups is 1. The molecule has 1 heterocycles. The number of phenols is 1. The fourth-order valence-corrected chi connectivity index (χ4v) is 2.47. The Kier molecular flexibility index (Phi) is 3.17. The van der Waals surface area contributed by atoms with Crippen molar-refractivity contribution in [3.8, 4) is 5.75 Å². The fraction of sp³-hybridized carbons (Fsp3) is 0.500. The zero-order valence-corrected chi connectivity index (χ0v) is 9.64. The number of nitrogens with one attached hydrogen (secondary N) is 1. The third kappa shape index (κ3) is 2.27. The smallest absolute Gasteiger partial charge is 0.122 e. The van der Waals surface area contributed by atoms with Crippen molar-refractivity contribution < 1.29 is 5.11 Å². The van der Waals surface area contributed by atoms with Gasteiger partial charge < -0.3 is 10.4 Å². The van der Waals surface area contributed by atoms with E-state index < -0.39 is 0 Å². The van der Waals surface area contributed by atoms with Crippen molar-refractivity contribution in [2.45, 2.75) is 25.7 Å². The minimum absolute atomic E-state index is 0.399. The number of halogens is 1. The maximum atomic E-state index is 9.99. The number of benzene rings is 1. The summed E-state index contributed by atoms with van der Waals surface area (Å²) >= 11 is 6.01. The molecular formula is C12H16ClNO. The molecule has 0 amide bonds. The van der Waals surface area contributed by atoms with Crippen molar-refractivity contribution in [1.82, 2.24) is 5.32 Å². The summed E-state index contributed by atoms with van der Waals surface area (Å²) < 4.78 is 0. The Morgan fingerprint density at radius 1 is 1.47 bits per heavy atom. The van der Waals surface area contributed by atoms with E-state index in [9.17, 15) is 5.11 Å². The van der Waals surface area contributed by atoms with Gasteiger partial charge in [-0.15, -0.1) is 0 Å². The lowest BCUT2D eigenvalue weighted by Gasteiger charge is -2.24. The summed E-state index contributed by atoms with van der Waals surface area (Å²) in [5.74, 6) is 0.809. The molecule has 1 atom stereocenters. The first-order valence-corrected chi connectivity index (χ1v) is 5.76. The molecular weight excluding hydrogens is 210 g/mol. The molecule has 1 unspecified atom stereocenters. The molecule has 0 saturated carbocycles. The number of hydrogen-bond acceptors (Lipinski definition) is 2. The average molecular weight is 226 g/mol. The second kappa shape index (κ2) is 4.42. The van der Waals surface area contributed by atoms with E-state index in [1.807, 2.05) is 13.0 Å². The maximum Gasteiger partial charge on any atom is 0.122 e. The zero-order valence-electron chi connectivity index (χ0n) is 8.89. The highest BCUT2D eigenvalue weighted by Gasteiger charge is 2.19. The van der Waals surface area contributed by atoms with Crippen molar-refractivity contribution in [1.29, 1.82) is 0 Å². The van der Waals surface area contributed by atoms with Crippen LogP contribution in [-0.4, -0.2) is 18.2 Å². The molecule has 1 aromatic rings. The molecule has 0 aliphatic carbocycles. The Morgan fingerprint density at radius 2 is 2.27 bits per heavy atom. The summed E-state index contributed by atoms with van der Waals surface area (Å²) in [6, 6.07) is 3.69. The van der Waals surface area contributed by atoms with Gasteiger partial charge in [-0.2, -0.15) is 0 Å². The first kappa shape index (κ1) is 10.8. The van der Waals surface area contributed by atoms with Crippen molar-refractivity contribution >= 4 is 11.6 Å². The number of piperidine rings is 1. The van der Waals surface area contributed by atoms with Gasteiger partial charge in [-0.3, -0.25) is 0 Å². The molecule has 2 nitrogen and oxygen atoms in total. The van der Waals surface area contributed by atoms with Crippen LogP contribution in [0, 0.1) is 6.92 Å². The van der Waals surface area contributed by atoms with Crippen LogP contribution < -0.4 is 5.32 Å². The third-order valence-corrected chi connectivity index (χ3v) is 3.25. The molecule has 1 aliphatic rings. The van der Waals surface area contributed by atoms with Gasteiger partial charge in [0.2, 0.25) is 0 Å². The van der Waals surface area contributed by atoms with Crippen molar-refractivity contribution in [3.05, 3.63) is 28.3 Å². The summed E-state index contributed by atoms with van der Waals surface area (Å²) in [4.78, 5) is 0. The van der Waals surface area contributed by atoms with Crippen LogP contribution in [0.25, 0.3) is 0 Å². The summed E-state index contributed by atoms with van der Waals surface area (Å²) in [7, 11) is 0. The van der Waals surface area contributed by atoms with Crippen LogP contribution in [0.15, 0.2) is 12.1 Å². The van der Waals surface area contributed by atoms with Gasteiger partial charge in [0.05, 0.1) is 0 Å². The molecule has 3 heteroatoms. The molecule has 0 radical (unpaired) electrons. The molecule has 15 heavy (non-hydrogen) atoms. The predicted molar refractivity (Wildman–Crippen MR) is 62.7 cm³/mol. The Hall–Kier alpha value is -0.730. The molecule has 0 bridgehead atoms. The van der Waals surface area contributed by atoms with Gasteiger partial charge in [-0.1, -0.05) is 11.6 Å². The van der Waals surface area contributed by atoms with Gasteiger partial charge in [0.15, 0.2) is 0 Å². The first-order valence-electron chi connectivity index (χ1n) is 5.38. The van der Waals surface area contributed by atoms with E-state index in [-0.39, 0.29) is 0 Å². The average Bonchev–Trinajstić information content (AvgIpc) is 2.24. The van der Waals surface area contributed by atoms with Crippen LogP contribution in [-0.2, 0) is 0 Å². The lowest BCUT2D eigenvalue weighted by atomic mass is 9.90. The Labute approximate surface area is 95.3 Å². The molecule has 2 N–H and O–H groups in total. The monoisotopic (exact) mass is 225 g/mol. The van der Waals surface area contributed by atoms with Gasteiger partial charge in [0.1, 0.15) is 5.75 Å². The summed E-state index contributed by atoms with van der Waals surface area (Å²) in [6.45, 7) is 3.91. The van der Waals surface area contributed by atoms with Crippen molar-refractivity contribution in [2.75, 3.05) is 13.1 Å². The Balaban J connectivity index is 2.33. The highest BCUT2D eigenvalue weighted by Crippen LogP contribution is 2.34. The number of phenolic OH excluding ortho intramolecular Hbond substituents is 1. The maximum absolute atomic E-state index is 9.99. The zero-order chi connectivity index (χ0) is 10.8. The quantitative estimate of drug-likeness (QED) is 0.771. The molecule has 1 aromatic carbocycles. The van der Waals surface area contributed by atoms with Gasteiger partial charge in [-0.25, -0.2) is 0 Å². The third-order valence-electron chi connectivity index (χ3n) is 3.03. The second-order valence-electron chi connectivity index (χ2n) is 4.20. The van der Waals surface area contributed by atoms with Gasteiger partial charge in [0.25, 0.3) is 0 Å². The summed E-state index contributed by atoms with van der Waals surface area (Å²) in [5.41, 5.74) is 1.86. The van der Waals surface area contributed by atoms with Crippen LogP contribution >= 0.6 is 11.6 Å². The lowest BCUT2D eigenvalue weighted by Crippen LogP contribution is -2.28. The van der Waals surface area contributed by atoms with Crippen molar-refractivity contribution in [3.63, 3.8) is 0 Å². The van der Waals surface area contributed by atoms with Gasteiger partial charge >= 0.3 is 0 Å². The molecule has 2 rings (SSSR count). The highest BCUT2D eigenvalue weighted by atomic mass is 35.5. The van der Waals surface area contributed by atoms with E-state index in [4.69, 9.17) is 11.6 Å². The van der Waals surface area contributed by atoms with Crippen LogP contribution in [0.4, 0.5) is 0 Å². The van der Waals surface area contributed by atoms with E-state index in [1.54, 1.807) is 6.07 Å². The van der Waals surface area contributed by atoms with Crippen LogP contribution in [0.1, 0.15) is 29.9 Å². The normalized spacial score (nSPS) is 21.6. The second-order valence-corrected chi connectivity index (χ2v) is 4.64. The van der Waals surface area contributed by atoms with E-state index in [0.717, 1.165) is 37.1 Å². The lowest BCUT2D eigenvalue weighted by molar-refractivity contribution is 0.423. The Bertz CT molecular complexity index is 359. The summed E-state index contributed by atoms with van der Waals surface area (Å²) in [6.07, 6.45) is 2.29. The van der Waals surface area contributed by atoms with E-state index >= 15 is 0 Å². The highest BCUT2D eigenvalue weighted by molar-refractivity contribution is 6.30. The summed E-state index contributed by atoms with van der Waals surface area (Å²) in [5, 5.41) is 14.0. The molecule has 0 spiro atoms. The van der Waals surface area contributed by atoms with E-state index in [1.165, 1.54) is 0 Å². The molecule has 1 fully saturated rings. The van der Waals surface area contributed by atoms with E-state index in [2.05, 4.69) is 5.32 Å². The van der Waals surface area contributed by atoms with Gasteiger partial charge in [-0.05, 0) is 49.6 Å². The standard InChI is InChI=1S/C12H16ClNO/c1-8-5-10(13)6-11(12(8)15)9-3-2-4-14-7-9/h5-6,9,14-15H,2-4,7H2,1H3. The van der Waals surface area contributed by atoms with Crippen LogP contribution in [0.3, 0.4) is 0 Å². The topological polar surface area (TPSA) is 32.3 Å². The number of aryl methyl sites for hydroxylation is 1. The first-order chi connectivity index (χ1) is 7.18. The predicted octanol–water partition coefficient (Wildman–Crippen LogP) is 2.82. The molecule has 0 aromatic heterocycles.